The summed E-state index contributed by atoms with van der Waals surface area (Å²) in [7, 11) is 0. The molecular formula is C13H22O. The van der Waals surface area contributed by atoms with Gasteiger partial charge in [0.05, 0.1) is 12.2 Å². The first-order chi connectivity index (χ1) is 6.47. The SMILES string of the molecule is CC1C2C=CC(C2)C1COC(C)(C)C. The van der Waals surface area contributed by atoms with Crippen molar-refractivity contribution in [2.45, 2.75) is 39.7 Å². The van der Waals surface area contributed by atoms with Crippen LogP contribution in [0.5, 0.6) is 0 Å². The van der Waals surface area contributed by atoms with Crippen LogP contribution in [0.25, 0.3) is 0 Å². The summed E-state index contributed by atoms with van der Waals surface area (Å²) in [4.78, 5) is 0. The van der Waals surface area contributed by atoms with Crippen molar-refractivity contribution in [2.24, 2.45) is 23.7 Å². The lowest BCUT2D eigenvalue weighted by atomic mass is 9.85. The van der Waals surface area contributed by atoms with E-state index in [1.807, 2.05) is 0 Å². The second-order valence-corrected chi connectivity index (χ2v) is 5.89. The molecule has 0 aromatic heterocycles. The van der Waals surface area contributed by atoms with E-state index in [0.717, 1.165) is 30.3 Å². The van der Waals surface area contributed by atoms with Crippen LogP contribution in [0.3, 0.4) is 0 Å². The molecule has 0 amide bonds. The Morgan fingerprint density at radius 1 is 1.21 bits per heavy atom. The molecule has 1 fully saturated rings. The maximum Gasteiger partial charge on any atom is 0.0598 e. The number of fused-ring (bicyclic) bond motifs is 2. The second-order valence-electron chi connectivity index (χ2n) is 5.89. The molecule has 80 valence electrons. The zero-order valence-corrected chi connectivity index (χ0v) is 9.79. The van der Waals surface area contributed by atoms with Gasteiger partial charge in [-0.1, -0.05) is 19.1 Å². The van der Waals surface area contributed by atoms with Crippen molar-refractivity contribution in [1.82, 2.24) is 0 Å². The lowest BCUT2D eigenvalue weighted by molar-refractivity contribution is -0.0334. The summed E-state index contributed by atoms with van der Waals surface area (Å²) >= 11 is 0. The highest BCUT2D eigenvalue weighted by atomic mass is 16.5. The average molecular weight is 194 g/mol. The summed E-state index contributed by atoms with van der Waals surface area (Å²) in [5.74, 6) is 3.24. The fourth-order valence-electron chi connectivity index (χ4n) is 2.79. The quantitative estimate of drug-likeness (QED) is 0.613. The maximum absolute atomic E-state index is 5.90. The molecule has 2 bridgehead atoms. The smallest absolute Gasteiger partial charge is 0.0598 e. The van der Waals surface area contributed by atoms with Crippen molar-refractivity contribution in [3.8, 4) is 0 Å². The first-order valence-corrected chi connectivity index (χ1v) is 5.79. The Balaban J connectivity index is 1.91. The molecule has 4 atom stereocenters. The predicted molar refractivity (Wildman–Crippen MR) is 59.1 cm³/mol. The third-order valence-electron chi connectivity index (χ3n) is 3.76. The number of hydrogen-bond donors (Lipinski definition) is 0. The van der Waals surface area contributed by atoms with Crippen molar-refractivity contribution in [3.63, 3.8) is 0 Å². The van der Waals surface area contributed by atoms with Crippen molar-refractivity contribution in [3.05, 3.63) is 12.2 Å². The minimum atomic E-state index is 0.0191. The van der Waals surface area contributed by atoms with Gasteiger partial charge in [-0.05, 0) is 50.9 Å². The highest BCUT2D eigenvalue weighted by Gasteiger charge is 2.42. The van der Waals surface area contributed by atoms with E-state index in [2.05, 4.69) is 39.8 Å². The van der Waals surface area contributed by atoms with Crippen LogP contribution in [0.1, 0.15) is 34.1 Å². The molecule has 0 aromatic carbocycles. The zero-order chi connectivity index (χ0) is 10.3. The van der Waals surface area contributed by atoms with E-state index >= 15 is 0 Å². The van der Waals surface area contributed by atoms with Crippen LogP contribution in [0, 0.1) is 23.7 Å². The van der Waals surface area contributed by atoms with E-state index in [9.17, 15) is 0 Å². The molecule has 0 heterocycles. The Morgan fingerprint density at radius 2 is 1.86 bits per heavy atom. The van der Waals surface area contributed by atoms with Gasteiger partial charge in [-0.2, -0.15) is 0 Å². The minimum Gasteiger partial charge on any atom is -0.376 e. The van der Waals surface area contributed by atoms with Gasteiger partial charge in [0.2, 0.25) is 0 Å². The van der Waals surface area contributed by atoms with Crippen LogP contribution in [0.15, 0.2) is 12.2 Å². The number of rotatable bonds is 2. The molecule has 4 unspecified atom stereocenters. The molecule has 2 aliphatic rings. The molecule has 2 rings (SSSR count). The summed E-state index contributed by atoms with van der Waals surface area (Å²) in [6, 6.07) is 0. The summed E-state index contributed by atoms with van der Waals surface area (Å²) in [6.07, 6.45) is 6.18. The van der Waals surface area contributed by atoms with Gasteiger partial charge in [0.1, 0.15) is 0 Å². The Hall–Kier alpha value is -0.300. The van der Waals surface area contributed by atoms with Gasteiger partial charge in [0, 0.05) is 0 Å². The Bertz CT molecular complexity index is 236. The first kappa shape index (κ1) is 10.2. The molecule has 0 radical (unpaired) electrons. The number of ether oxygens (including phenoxy) is 1. The molecule has 0 spiro atoms. The van der Waals surface area contributed by atoms with Crippen molar-refractivity contribution >= 4 is 0 Å². The molecule has 0 aromatic rings. The van der Waals surface area contributed by atoms with Gasteiger partial charge in [-0.15, -0.1) is 0 Å². The van der Waals surface area contributed by atoms with E-state index in [1.165, 1.54) is 6.42 Å². The van der Waals surface area contributed by atoms with E-state index < -0.39 is 0 Å². The summed E-state index contributed by atoms with van der Waals surface area (Å²) in [5, 5.41) is 0. The minimum absolute atomic E-state index is 0.0191. The van der Waals surface area contributed by atoms with Crippen LogP contribution in [-0.2, 0) is 4.74 Å². The van der Waals surface area contributed by atoms with Gasteiger partial charge in [0.25, 0.3) is 0 Å². The van der Waals surface area contributed by atoms with Gasteiger partial charge in [0.15, 0.2) is 0 Å². The van der Waals surface area contributed by atoms with E-state index in [-0.39, 0.29) is 5.60 Å². The zero-order valence-electron chi connectivity index (χ0n) is 9.79. The average Bonchev–Trinajstić information content (AvgIpc) is 2.60. The van der Waals surface area contributed by atoms with E-state index in [0.29, 0.717) is 0 Å². The van der Waals surface area contributed by atoms with Crippen LogP contribution < -0.4 is 0 Å². The normalized spacial score (nSPS) is 40.9. The Kier molecular flexibility index (Phi) is 2.46. The highest BCUT2D eigenvalue weighted by molar-refractivity contribution is 5.12. The molecular weight excluding hydrogens is 172 g/mol. The molecule has 1 heteroatoms. The van der Waals surface area contributed by atoms with E-state index in [1.54, 1.807) is 0 Å². The van der Waals surface area contributed by atoms with Gasteiger partial charge >= 0.3 is 0 Å². The predicted octanol–water partition coefficient (Wildman–Crippen LogP) is 3.26. The topological polar surface area (TPSA) is 9.23 Å². The molecule has 14 heavy (non-hydrogen) atoms. The largest absolute Gasteiger partial charge is 0.376 e. The number of allylic oxidation sites excluding steroid dienone is 2. The molecule has 1 nitrogen and oxygen atoms in total. The molecule has 0 saturated heterocycles. The summed E-state index contributed by atoms with van der Waals surface area (Å²) in [5.41, 5.74) is 0.0191. The lowest BCUT2D eigenvalue weighted by Crippen LogP contribution is -2.28. The fourth-order valence-corrected chi connectivity index (χ4v) is 2.79. The lowest BCUT2D eigenvalue weighted by Gasteiger charge is -2.28. The van der Waals surface area contributed by atoms with Gasteiger partial charge in [-0.25, -0.2) is 0 Å². The molecule has 0 N–H and O–H groups in total. The molecule has 0 aliphatic heterocycles. The standard InChI is InChI=1S/C13H22O/c1-9-10-5-6-11(7-10)12(9)8-14-13(2,3)4/h5-6,9-12H,7-8H2,1-4H3. The summed E-state index contributed by atoms with van der Waals surface area (Å²) in [6.45, 7) is 9.74. The van der Waals surface area contributed by atoms with Crippen LogP contribution in [0.2, 0.25) is 0 Å². The summed E-state index contributed by atoms with van der Waals surface area (Å²) < 4.78 is 5.90. The van der Waals surface area contributed by atoms with E-state index in [4.69, 9.17) is 4.74 Å². The Labute approximate surface area is 87.5 Å². The van der Waals surface area contributed by atoms with Crippen molar-refractivity contribution in [2.75, 3.05) is 6.61 Å². The molecule has 2 aliphatic carbocycles. The van der Waals surface area contributed by atoms with Crippen molar-refractivity contribution < 1.29 is 4.74 Å². The fraction of sp³-hybridized carbons (Fsp3) is 0.846. The van der Waals surface area contributed by atoms with Crippen molar-refractivity contribution in [1.29, 1.82) is 0 Å². The van der Waals surface area contributed by atoms with Crippen LogP contribution >= 0.6 is 0 Å². The van der Waals surface area contributed by atoms with Gasteiger partial charge < -0.3 is 4.74 Å². The molecule has 1 saturated carbocycles. The third-order valence-corrected chi connectivity index (χ3v) is 3.76. The second kappa shape index (κ2) is 3.37. The monoisotopic (exact) mass is 194 g/mol. The number of hydrogen-bond acceptors (Lipinski definition) is 1. The Morgan fingerprint density at radius 3 is 2.36 bits per heavy atom. The van der Waals surface area contributed by atoms with Crippen LogP contribution in [-0.4, -0.2) is 12.2 Å². The first-order valence-electron chi connectivity index (χ1n) is 5.79. The van der Waals surface area contributed by atoms with Gasteiger partial charge in [-0.3, -0.25) is 0 Å². The third kappa shape index (κ3) is 1.88. The maximum atomic E-state index is 5.90. The van der Waals surface area contributed by atoms with Crippen LogP contribution in [0.4, 0.5) is 0 Å². The highest BCUT2D eigenvalue weighted by Crippen LogP contribution is 2.47.